The van der Waals surface area contributed by atoms with E-state index in [9.17, 15) is 4.39 Å². The summed E-state index contributed by atoms with van der Waals surface area (Å²) in [7, 11) is 0. The van der Waals surface area contributed by atoms with E-state index in [2.05, 4.69) is 10.3 Å². The third kappa shape index (κ3) is 1.73. The summed E-state index contributed by atoms with van der Waals surface area (Å²) >= 11 is 0. The van der Waals surface area contributed by atoms with Gasteiger partial charge in [0.15, 0.2) is 0 Å². The fourth-order valence-corrected chi connectivity index (χ4v) is 1.86. The number of halogens is 1. The van der Waals surface area contributed by atoms with Crippen LogP contribution in [-0.4, -0.2) is 11.5 Å². The molecule has 0 atom stereocenters. The molecule has 0 aliphatic heterocycles. The molecule has 1 N–H and O–H groups in total. The van der Waals surface area contributed by atoms with Gasteiger partial charge in [-0.25, -0.2) is 4.39 Å². The average Bonchev–Trinajstić information content (AvgIpc) is 2.24. The number of aryl methyl sites for hydroxylation is 1. The lowest BCUT2D eigenvalue weighted by atomic mass is 10.1. The number of hydrogen-bond donors (Lipinski definition) is 1. The number of nitrogens with one attached hydrogen (secondary N) is 1. The van der Waals surface area contributed by atoms with Crippen molar-refractivity contribution in [3.63, 3.8) is 0 Å². The lowest BCUT2D eigenvalue weighted by Gasteiger charge is -2.13. The second-order valence-corrected chi connectivity index (χ2v) is 3.89. The largest absolute Gasteiger partial charge is 0.385 e. The van der Waals surface area contributed by atoms with Crippen LogP contribution in [0.2, 0.25) is 0 Å². The van der Waals surface area contributed by atoms with Gasteiger partial charge in [-0.2, -0.15) is 0 Å². The molecule has 0 aliphatic carbocycles. The van der Waals surface area contributed by atoms with Crippen molar-refractivity contribution in [3.8, 4) is 0 Å². The van der Waals surface area contributed by atoms with Gasteiger partial charge in [0.25, 0.3) is 0 Å². The SMILES string of the molecule is CCNc1c(C)c(C)nc2cc(F)ccc12. The molecule has 16 heavy (non-hydrogen) atoms. The van der Waals surface area contributed by atoms with Crippen LogP contribution in [-0.2, 0) is 0 Å². The number of pyridine rings is 1. The highest BCUT2D eigenvalue weighted by Crippen LogP contribution is 2.28. The predicted molar refractivity (Wildman–Crippen MR) is 65.3 cm³/mol. The van der Waals surface area contributed by atoms with Crippen LogP contribution in [0.25, 0.3) is 10.9 Å². The van der Waals surface area contributed by atoms with Crippen LogP contribution >= 0.6 is 0 Å². The van der Waals surface area contributed by atoms with Gasteiger partial charge in [-0.1, -0.05) is 0 Å². The van der Waals surface area contributed by atoms with Crippen molar-refractivity contribution in [2.24, 2.45) is 0 Å². The molecule has 0 bridgehead atoms. The van der Waals surface area contributed by atoms with Crippen LogP contribution in [0.3, 0.4) is 0 Å². The first kappa shape index (κ1) is 10.9. The molecule has 2 nitrogen and oxygen atoms in total. The van der Waals surface area contributed by atoms with Gasteiger partial charge in [-0.3, -0.25) is 4.98 Å². The summed E-state index contributed by atoms with van der Waals surface area (Å²) in [5, 5.41) is 4.29. The Morgan fingerprint density at radius 3 is 2.75 bits per heavy atom. The summed E-state index contributed by atoms with van der Waals surface area (Å²) in [6.45, 7) is 6.87. The first-order chi connectivity index (χ1) is 7.63. The van der Waals surface area contributed by atoms with Crippen molar-refractivity contribution in [2.45, 2.75) is 20.8 Å². The molecule has 0 radical (unpaired) electrons. The van der Waals surface area contributed by atoms with Crippen LogP contribution in [0, 0.1) is 19.7 Å². The van der Waals surface area contributed by atoms with Crippen molar-refractivity contribution in [1.82, 2.24) is 4.98 Å². The fourth-order valence-electron chi connectivity index (χ4n) is 1.86. The molecular formula is C13H15FN2. The number of hydrogen-bond acceptors (Lipinski definition) is 2. The number of anilines is 1. The van der Waals surface area contributed by atoms with E-state index in [1.165, 1.54) is 12.1 Å². The summed E-state index contributed by atoms with van der Waals surface area (Å²) in [5.74, 6) is -0.245. The molecule has 1 aromatic heterocycles. The Kier molecular flexibility index (Phi) is 2.77. The average molecular weight is 218 g/mol. The maximum Gasteiger partial charge on any atom is 0.125 e. The van der Waals surface area contributed by atoms with Crippen molar-refractivity contribution in [1.29, 1.82) is 0 Å². The standard InChI is InChI=1S/C13H15FN2/c1-4-15-13-8(2)9(3)16-12-7-10(14)5-6-11(12)13/h5-7H,4H2,1-3H3,(H,15,16). The molecule has 0 spiro atoms. The van der Waals surface area contributed by atoms with E-state index in [0.717, 1.165) is 28.9 Å². The van der Waals surface area contributed by atoms with Crippen LogP contribution in [0.1, 0.15) is 18.2 Å². The topological polar surface area (TPSA) is 24.9 Å². The molecule has 0 fully saturated rings. The Morgan fingerprint density at radius 1 is 1.31 bits per heavy atom. The maximum atomic E-state index is 13.1. The Labute approximate surface area is 94.5 Å². The molecule has 0 amide bonds. The maximum absolute atomic E-state index is 13.1. The van der Waals surface area contributed by atoms with Gasteiger partial charge in [-0.05, 0) is 38.5 Å². The number of benzene rings is 1. The van der Waals surface area contributed by atoms with E-state index in [4.69, 9.17) is 0 Å². The minimum atomic E-state index is -0.245. The summed E-state index contributed by atoms with van der Waals surface area (Å²) in [6.07, 6.45) is 0. The van der Waals surface area contributed by atoms with Gasteiger partial charge in [0, 0.05) is 29.4 Å². The Hall–Kier alpha value is -1.64. The highest BCUT2D eigenvalue weighted by atomic mass is 19.1. The zero-order valence-electron chi connectivity index (χ0n) is 9.76. The lowest BCUT2D eigenvalue weighted by molar-refractivity contribution is 0.629. The Morgan fingerprint density at radius 2 is 2.06 bits per heavy atom. The molecule has 2 aromatic rings. The summed E-state index contributed by atoms with van der Waals surface area (Å²) in [6, 6.07) is 4.73. The van der Waals surface area contributed by atoms with E-state index in [0.29, 0.717) is 5.52 Å². The number of fused-ring (bicyclic) bond motifs is 1. The number of aromatic nitrogens is 1. The Balaban J connectivity index is 2.77. The van der Waals surface area contributed by atoms with E-state index in [-0.39, 0.29) is 5.82 Å². The Bertz CT molecular complexity index is 535. The highest BCUT2D eigenvalue weighted by Gasteiger charge is 2.08. The van der Waals surface area contributed by atoms with E-state index < -0.39 is 0 Å². The molecule has 84 valence electrons. The monoisotopic (exact) mass is 218 g/mol. The molecule has 0 saturated carbocycles. The van der Waals surface area contributed by atoms with Crippen LogP contribution in [0.4, 0.5) is 10.1 Å². The molecule has 1 heterocycles. The van der Waals surface area contributed by atoms with Crippen LogP contribution in [0.15, 0.2) is 18.2 Å². The lowest BCUT2D eigenvalue weighted by Crippen LogP contribution is -2.03. The van der Waals surface area contributed by atoms with E-state index in [1.807, 2.05) is 20.8 Å². The molecule has 0 aliphatic rings. The second kappa shape index (κ2) is 4.08. The molecular weight excluding hydrogens is 203 g/mol. The minimum Gasteiger partial charge on any atom is -0.385 e. The fraction of sp³-hybridized carbons (Fsp3) is 0.308. The smallest absolute Gasteiger partial charge is 0.125 e. The summed E-state index contributed by atoms with van der Waals surface area (Å²) in [5.41, 5.74) is 3.83. The summed E-state index contributed by atoms with van der Waals surface area (Å²) < 4.78 is 13.1. The molecule has 0 saturated heterocycles. The van der Waals surface area contributed by atoms with Gasteiger partial charge in [0.1, 0.15) is 5.82 Å². The second-order valence-electron chi connectivity index (χ2n) is 3.89. The van der Waals surface area contributed by atoms with Crippen molar-refractivity contribution >= 4 is 16.6 Å². The van der Waals surface area contributed by atoms with Crippen molar-refractivity contribution in [3.05, 3.63) is 35.3 Å². The normalized spacial score (nSPS) is 10.8. The summed E-state index contributed by atoms with van der Waals surface area (Å²) in [4.78, 5) is 4.40. The van der Waals surface area contributed by atoms with E-state index >= 15 is 0 Å². The van der Waals surface area contributed by atoms with Crippen LogP contribution in [0.5, 0.6) is 0 Å². The van der Waals surface area contributed by atoms with Gasteiger partial charge < -0.3 is 5.32 Å². The molecule has 3 heteroatoms. The van der Waals surface area contributed by atoms with Crippen molar-refractivity contribution in [2.75, 3.05) is 11.9 Å². The zero-order chi connectivity index (χ0) is 11.7. The molecule has 0 unspecified atom stereocenters. The van der Waals surface area contributed by atoms with Crippen LogP contribution < -0.4 is 5.32 Å². The number of rotatable bonds is 2. The van der Waals surface area contributed by atoms with Gasteiger partial charge in [0.2, 0.25) is 0 Å². The predicted octanol–water partition coefficient (Wildman–Crippen LogP) is 3.42. The first-order valence-corrected chi connectivity index (χ1v) is 5.43. The minimum absolute atomic E-state index is 0.245. The number of nitrogens with zero attached hydrogens (tertiary/aromatic N) is 1. The quantitative estimate of drug-likeness (QED) is 0.835. The third-order valence-corrected chi connectivity index (χ3v) is 2.79. The first-order valence-electron chi connectivity index (χ1n) is 5.43. The van der Waals surface area contributed by atoms with Crippen molar-refractivity contribution < 1.29 is 4.39 Å². The third-order valence-electron chi connectivity index (χ3n) is 2.79. The van der Waals surface area contributed by atoms with Gasteiger partial charge in [0.05, 0.1) is 5.52 Å². The van der Waals surface area contributed by atoms with Gasteiger partial charge >= 0.3 is 0 Å². The zero-order valence-corrected chi connectivity index (χ0v) is 9.76. The van der Waals surface area contributed by atoms with Gasteiger partial charge in [-0.15, -0.1) is 0 Å². The molecule has 1 aromatic carbocycles. The van der Waals surface area contributed by atoms with E-state index in [1.54, 1.807) is 6.07 Å². The molecule has 2 rings (SSSR count). The highest BCUT2D eigenvalue weighted by molar-refractivity contribution is 5.93.